The number of rotatable bonds is 6. The van der Waals surface area contributed by atoms with Crippen molar-refractivity contribution in [3.05, 3.63) is 76.8 Å². The number of benzene rings is 2. The molecule has 0 radical (unpaired) electrons. The summed E-state index contributed by atoms with van der Waals surface area (Å²) in [5, 5.41) is 3.62. The van der Waals surface area contributed by atoms with Gasteiger partial charge in [0.05, 0.1) is 11.7 Å². The van der Waals surface area contributed by atoms with Crippen molar-refractivity contribution in [2.24, 2.45) is 0 Å². The molecule has 0 aliphatic heterocycles. The maximum atomic E-state index is 12.5. The van der Waals surface area contributed by atoms with Crippen molar-refractivity contribution in [1.29, 1.82) is 0 Å². The van der Waals surface area contributed by atoms with E-state index in [1.165, 1.54) is 11.3 Å². The quantitative estimate of drug-likeness (QED) is 0.623. The Balaban J connectivity index is 1.64. The SMILES string of the molecule is Cc1nc(-c2ccccc2)sc1C(=O)OC(C)C(=O)NC(C)c1ccccc1. The Labute approximate surface area is 168 Å². The Bertz CT molecular complexity index is 954. The van der Waals surface area contributed by atoms with Crippen LogP contribution in [0.3, 0.4) is 0 Å². The van der Waals surface area contributed by atoms with Gasteiger partial charge >= 0.3 is 5.97 Å². The molecular weight excluding hydrogens is 372 g/mol. The minimum atomic E-state index is -0.902. The molecule has 0 saturated carbocycles. The van der Waals surface area contributed by atoms with E-state index in [1.807, 2.05) is 67.6 Å². The highest BCUT2D eigenvalue weighted by Crippen LogP contribution is 2.28. The van der Waals surface area contributed by atoms with Crippen LogP contribution in [-0.2, 0) is 9.53 Å². The molecule has 0 bridgehead atoms. The van der Waals surface area contributed by atoms with Crippen molar-refractivity contribution in [2.45, 2.75) is 32.9 Å². The highest BCUT2D eigenvalue weighted by atomic mass is 32.1. The molecule has 0 saturated heterocycles. The Morgan fingerprint density at radius 1 is 1.00 bits per heavy atom. The van der Waals surface area contributed by atoms with Crippen LogP contribution in [0.5, 0.6) is 0 Å². The predicted octanol–water partition coefficient (Wildman–Crippen LogP) is 4.54. The highest BCUT2D eigenvalue weighted by molar-refractivity contribution is 7.17. The van der Waals surface area contributed by atoms with Gasteiger partial charge in [0.25, 0.3) is 5.91 Å². The number of aromatic nitrogens is 1. The average Bonchev–Trinajstić information content (AvgIpc) is 3.11. The van der Waals surface area contributed by atoms with E-state index in [0.717, 1.165) is 16.1 Å². The first-order chi connectivity index (χ1) is 13.5. The second kappa shape index (κ2) is 8.80. The zero-order valence-corrected chi connectivity index (χ0v) is 16.8. The molecule has 144 valence electrons. The number of hydrogen-bond donors (Lipinski definition) is 1. The molecule has 0 fully saturated rings. The molecule has 0 aliphatic rings. The second-order valence-corrected chi connectivity index (χ2v) is 7.49. The number of amides is 1. The number of esters is 1. The lowest BCUT2D eigenvalue weighted by molar-refractivity contribution is -0.129. The Kier molecular flexibility index (Phi) is 6.21. The van der Waals surface area contributed by atoms with Gasteiger partial charge in [-0.15, -0.1) is 11.3 Å². The van der Waals surface area contributed by atoms with Crippen molar-refractivity contribution < 1.29 is 14.3 Å². The summed E-state index contributed by atoms with van der Waals surface area (Å²) in [6.45, 7) is 5.22. The lowest BCUT2D eigenvalue weighted by Crippen LogP contribution is -2.37. The zero-order chi connectivity index (χ0) is 20.1. The van der Waals surface area contributed by atoms with Crippen LogP contribution in [0.1, 0.15) is 40.8 Å². The van der Waals surface area contributed by atoms with Gasteiger partial charge in [0.15, 0.2) is 6.10 Å². The van der Waals surface area contributed by atoms with Gasteiger partial charge in [-0.05, 0) is 26.3 Å². The fourth-order valence-electron chi connectivity index (χ4n) is 2.71. The molecule has 0 spiro atoms. The lowest BCUT2D eigenvalue weighted by atomic mass is 10.1. The zero-order valence-electron chi connectivity index (χ0n) is 16.0. The molecule has 3 aromatic rings. The Hall–Kier alpha value is -2.99. The van der Waals surface area contributed by atoms with Gasteiger partial charge < -0.3 is 10.1 Å². The van der Waals surface area contributed by atoms with Crippen LogP contribution < -0.4 is 5.32 Å². The van der Waals surface area contributed by atoms with E-state index in [4.69, 9.17) is 4.74 Å². The first-order valence-electron chi connectivity index (χ1n) is 9.05. The van der Waals surface area contributed by atoms with Crippen molar-refractivity contribution in [2.75, 3.05) is 0 Å². The van der Waals surface area contributed by atoms with Crippen molar-refractivity contribution in [1.82, 2.24) is 10.3 Å². The van der Waals surface area contributed by atoms with E-state index in [9.17, 15) is 9.59 Å². The minimum Gasteiger partial charge on any atom is -0.448 e. The lowest BCUT2D eigenvalue weighted by Gasteiger charge is -2.18. The average molecular weight is 394 g/mol. The minimum absolute atomic E-state index is 0.176. The number of hydrogen-bond acceptors (Lipinski definition) is 5. The molecular formula is C22H22N2O3S. The summed E-state index contributed by atoms with van der Waals surface area (Å²) in [4.78, 5) is 29.8. The van der Waals surface area contributed by atoms with Crippen LogP contribution in [-0.4, -0.2) is 23.0 Å². The van der Waals surface area contributed by atoms with E-state index in [-0.39, 0.29) is 11.9 Å². The predicted molar refractivity (Wildman–Crippen MR) is 110 cm³/mol. The molecule has 6 heteroatoms. The molecule has 2 unspecified atom stereocenters. The summed E-state index contributed by atoms with van der Waals surface area (Å²) < 4.78 is 5.38. The Morgan fingerprint density at radius 2 is 1.61 bits per heavy atom. The van der Waals surface area contributed by atoms with Crippen LogP contribution in [0.25, 0.3) is 10.6 Å². The van der Waals surface area contributed by atoms with E-state index in [2.05, 4.69) is 10.3 Å². The second-order valence-electron chi connectivity index (χ2n) is 6.49. The van der Waals surface area contributed by atoms with Gasteiger partial charge in [0.1, 0.15) is 9.88 Å². The molecule has 1 N–H and O–H groups in total. The van der Waals surface area contributed by atoms with E-state index < -0.39 is 12.1 Å². The van der Waals surface area contributed by atoms with Gasteiger partial charge in [-0.1, -0.05) is 60.7 Å². The fourth-order valence-corrected chi connectivity index (χ4v) is 3.67. The topological polar surface area (TPSA) is 68.3 Å². The number of aryl methyl sites for hydroxylation is 1. The largest absolute Gasteiger partial charge is 0.448 e. The van der Waals surface area contributed by atoms with Gasteiger partial charge in [0.2, 0.25) is 0 Å². The molecule has 2 atom stereocenters. The van der Waals surface area contributed by atoms with Gasteiger partial charge in [-0.3, -0.25) is 4.79 Å². The molecule has 0 aliphatic carbocycles. The summed E-state index contributed by atoms with van der Waals surface area (Å²) in [5.74, 6) is -0.873. The van der Waals surface area contributed by atoms with E-state index in [1.54, 1.807) is 13.8 Å². The first kappa shape index (κ1) is 19.8. The highest BCUT2D eigenvalue weighted by Gasteiger charge is 2.24. The van der Waals surface area contributed by atoms with Crippen molar-refractivity contribution >= 4 is 23.2 Å². The maximum Gasteiger partial charge on any atom is 0.351 e. The van der Waals surface area contributed by atoms with Crippen LogP contribution in [0.15, 0.2) is 60.7 Å². The smallest absolute Gasteiger partial charge is 0.351 e. The first-order valence-corrected chi connectivity index (χ1v) is 9.86. The number of carbonyl (C=O) groups excluding carboxylic acids is 2. The van der Waals surface area contributed by atoms with Gasteiger partial charge in [0, 0.05) is 5.56 Å². The fraction of sp³-hybridized carbons (Fsp3) is 0.227. The van der Waals surface area contributed by atoms with Gasteiger partial charge in [-0.2, -0.15) is 0 Å². The molecule has 3 rings (SSSR count). The number of nitrogens with zero attached hydrogens (tertiary/aromatic N) is 1. The van der Waals surface area contributed by atoms with Crippen molar-refractivity contribution in [3.63, 3.8) is 0 Å². The number of nitrogens with one attached hydrogen (secondary N) is 1. The van der Waals surface area contributed by atoms with Gasteiger partial charge in [-0.25, -0.2) is 9.78 Å². The molecule has 1 aromatic heterocycles. The maximum absolute atomic E-state index is 12.5. The summed E-state index contributed by atoms with van der Waals surface area (Å²) in [6, 6.07) is 19.1. The third kappa shape index (κ3) is 4.64. The molecule has 1 heterocycles. The molecule has 2 aromatic carbocycles. The van der Waals surface area contributed by atoms with E-state index in [0.29, 0.717) is 10.6 Å². The van der Waals surface area contributed by atoms with Crippen LogP contribution in [0.4, 0.5) is 0 Å². The van der Waals surface area contributed by atoms with Crippen LogP contribution in [0.2, 0.25) is 0 Å². The third-order valence-electron chi connectivity index (χ3n) is 4.31. The van der Waals surface area contributed by atoms with E-state index >= 15 is 0 Å². The molecule has 1 amide bonds. The van der Waals surface area contributed by atoms with Crippen LogP contribution >= 0.6 is 11.3 Å². The normalized spacial score (nSPS) is 12.8. The summed E-state index contributed by atoms with van der Waals surface area (Å²) in [6.07, 6.45) is -0.902. The molecule has 5 nitrogen and oxygen atoms in total. The van der Waals surface area contributed by atoms with Crippen molar-refractivity contribution in [3.8, 4) is 10.6 Å². The summed E-state index contributed by atoms with van der Waals surface area (Å²) >= 11 is 1.27. The Morgan fingerprint density at radius 3 is 2.25 bits per heavy atom. The standard InChI is InChI=1S/C22H22N2O3S/c1-14(17-10-6-4-7-11-17)23-20(25)16(3)27-22(26)19-15(2)24-21(28-19)18-12-8-5-9-13-18/h4-14,16H,1-3H3,(H,23,25). The number of thiazole rings is 1. The summed E-state index contributed by atoms with van der Waals surface area (Å²) in [5.41, 5.74) is 2.52. The van der Waals surface area contributed by atoms with Crippen LogP contribution in [0, 0.1) is 6.92 Å². The monoisotopic (exact) mass is 394 g/mol. The third-order valence-corrected chi connectivity index (χ3v) is 5.50. The number of ether oxygens (including phenoxy) is 1. The number of carbonyl (C=O) groups is 2. The summed E-state index contributed by atoms with van der Waals surface area (Å²) in [7, 11) is 0. The molecule has 28 heavy (non-hydrogen) atoms.